The van der Waals surface area contributed by atoms with Gasteiger partial charge in [0.2, 0.25) is 0 Å². The summed E-state index contributed by atoms with van der Waals surface area (Å²) in [6, 6.07) is 10.2. The number of hydrogen-bond acceptors (Lipinski definition) is 3. The van der Waals surface area contributed by atoms with Crippen LogP contribution in [-0.2, 0) is 11.3 Å². The molecule has 2 rings (SSSR count). The largest absolute Gasteiger partial charge is 0.413 e. The highest BCUT2D eigenvalue weighted by atomic mass is 35.6. The van der Waals surface area contributed by atoms with Crippen molar-refractivity contribution in [2.75, 3.05) is 26.2 Å². The number of nitrogens with zero attached hydrogens (tertiary/aromatic N) is 2. The van der Waals surface area contributed by atoms with Gasteiger partial charge in [0.1, 0.15) is 0 Å². The first-order valence-corrected chi connectivity index (χ1v) is 7.38. The maximum absolute atomic E-state index is 11.7. The van der Waals surface area contributed by atoms with Gasteiger partial charge >= 0.3 is 10.1 Å². The van der Waals surface area contributed by atoms with Gasteiger partial charge in [-0.1, -0.05) is 30.3 Å². The van der Waals surface area contributed by atoms with Gasteiger partial charge < -0.3 is 9.64 Å². The number of ether oxygens (including phenoxy) is 1. The summed E-state index contributed by atoms with van der Waals surface area (Å²) in [5.41, 5.74) is 1.25. The van der Waals surface area contributed by atoms with Crippen molar-refractivity contribution in [3.63, 3.8) is 0 Å². The van der Waals surface area contributed by atoms with Crippen molar-refractivity contribution in [2.24, 2.45) is 0 Å². The highest BCUT2D eigenvalue weighted by molar-refractivity contribution is 6.66. The zero-order valence-corrected chi connectivity index (χ0v) is 14.3. The van der Waals surface area contributed by atoms with Gasteiger partial charge in [0.15, 0.2) is 0 Å². The van der Waals surface area contributed by atoms with Gasteiger partial charge in [0, 0.05) is 32.7 Å². The smallest absolute Gasteiger partial charge is 0.398 e. The number of carbonyl (C=O) groups excluding carboxylic acids is 1. The molecule has 1 fully saturated rings. The summed E-state index contributed by atoms with van der Waals surface area (Å²) in [5.74, 6) is 0. The Kier molecular flexibility index (Phi) is 7.37. The fourth-order valence-corrected chi connectivity index (χ4v) is 2.29. The maximum Gasteiger partial charge on any atom is 0.413 e. The van der Waals surface area contributed by atoms with Crippen LogP contribution in [-0.4, -0.2) is 46.1 Å². The van der Waals surface area contributed by atoms with Crippen LogP contribution in [0.25, 0.3) is 0 Å². The molecule has 0 unspecified atom stereocenters. The van der Waals surface area contributed by atoms with Crippen LogP contribution in [0.4, 0.5) is 4.79 Å². The van der Waals surface area contributed by atoms with Crippen molar-refractivity contribution >= 4 is 53.3 Å². The van der Waals surface area contributed by atoms with E-state index in [1.807, 2.05) is 18.2 Å². The predicted molar refractivity (Wildman–Crippen MR) is 87.3 cm³/mol. The Morgan fingerprint density at radius 2 is 1.67 bits per heavy atom. The third kappa shape index (κ3) is 6.49. The van der Waals surface area contributed by atoms with Gasteiger partial charge in [-0.05, 0) is 40.4 Å². The minimum atomic E-state index is -2.00. The number of carbonyl (C=O) groups is 1. The summed E-state index contributed by atoms with van der Waals surface area (Å²) in [5, 5.41) is 0. The second-order valence-corrected chi connectivity index (χ2v) is 6.74. The molecular formula is C13H16Cl4N2O2. The Balaban J connectivity index is 0.00000220. The number of halogens is 4. The van der Waals surface area contributed by atoms with Crippen molar-refractivity contribution in [1.29, 1.82) is 0 Å². The van der Waals surface area contributed by atoms with E-state index in [2.05, 4.69) is 17.0 Å². The van der Waals surface area contributed by atoms with Crippen LogP contribution in [0.5, 0.6) is 0 Å². The molecular weight excluding hydrogens is 358 g/mol. The minimum absolute atomic E-state index is 0. The molecule has 0 radical (unpaired) electrons. The summed E-state index contributed by atoms with van der Waals surface area (Å²) in [4.78, 5) is 15.5. The number of benzene rings is 1. The Bertz CT molecular complexity index is 445. The molecule has 21 heavy (non-hydrogen) atoms. The molecule has 0 N–H and O–H groups in total. The molecule has 1 aliphatic heterocycles. The van der Waals surface area contributed by atoms with Crippen LogP contribution in [0.1, 0.15) is 5.56 Å². The second kappa shape index (κ2) is 8.30. The van der Waals surface area contributed by atoms with Gasteiger partial charge in [-0.2, -0.15) is 0 Å². The Morgan fingerprint density at radius 1 is 1.10 bits per heavy atom. The van der Waals surface area contributed by atoms with Gasteiger partial charge in [0.25, 0.3) is 0 Å². The lowest BCUT2D eigenvalue weighted by Gasteiger charge is -2.34. The molecule has 1 saturated heterocycles. The van der Waals surface area contributed by atoms with Crippen molar-refractivity contribution in [1.82, 2.24) is 9.80 Å². The standard InChI is InChI=1S/C13H15Cl3N2O2.ClH/c14-13(15,16)20-12(19)18-8-6-17(7-9-18)10-11-4-2-1-3-5-11;/h1-5H,6-10H2;1H. The zero-order valence-electron chi connectivity index (χ0n) is 11.2. The molecule has 0 aliphatic carbocycles. The highest BCUT2D eigenvalue weighted by Gasteiger charge is 2.30. The predicted octanol–water partition coefficient (Wildman–Crippen LogP) is 3.69. The van der Waals surface area contributed by atoms with E-state index in [4.69, 9.17) is 39.5 Å². The molecule has 0 atom stereocenters. The fourth-order valence-electron chi connectivity index (χ4n) is 2.09. The fraction of sp³-hybridized carbons (Fsp3) is 0.462. The lowest BCUT2D eigenvalue weighted by Crippen LogP contribution is -2.49. The number of piperazine rings is 1. The van der Waals surface area contributed by atoms with Crippen LogP contribution in [0.15, 0.2) is 30.3 Å². The monoisotopic (exact) mass is 372 g/mol. The number of rotatable bonds is 2. The summed E-state index contributed by atoms with van der Waals surface area (Å²) in [6.45, 7) is 3.53. The van der Waals surface area contributed by atoms with Gasteiger partial charge in [0.05, 0.1) is 0 Å². The topological polar surface area (TPSA) is 32.8 Å². The molecule has 1 aromatic rings. The molecule has 1 amide bonds. The summed E-state index contributed by atoms with van der Waals surface area (Å²) in [7, 11) is 0. The average Bonchev–Trinajstić information content (AvgIpc) is 2.39. The van der Waals surface area contributed by atoms with E-state index < -0.39 is 10.1 Å². The van der Waals surface area contributed by atoms with E-state index in [0.29, 0.717) is 13.1 Å². The van der Waals surface area contributed by atoms with E-state index >= 15 is 0 Å². The Hall–Kier alpha value is -0.390. The van der Waals surface area contributed by atoms with E-state index in [1.54, 1.807) is 4.90 Å². The molecule has 8 heteroatoms. The minimum Gasteiger partial charge on any atom is -0.398 e. The van der Waals surface area contributed by atoms with E-state index in [0.717, 1.165) is 19.6 Å². The molecule has 118 valence electrons. The van der Waals surface area contributed by atoms with Gasteiger partial charge in [-0.25, -0.2) is 4.79 Å². The van der Waals surface area contributed by atoms with Crippen LogP contribution in [0.3, 0.4) is 0 Å². The Morgan fingerprint density at radius 3 is 2.19 bits per heavy atom. The van der Waals surface area contributed by atoms with Gasteiger partial charge in [-0.15, -0.1) is 12.4 Å². The van der Waals surface area contributed by atoms with Crippen LogP contribution in [0, 0.1) is 0 Å². The zero-order chi connectivity index (χ0) is 14.6. The molecule has 0 saturated carbocycles. The first kappa shape index (κ1) is 18.7. The molecule has 0 bridgehead atoms. The van der Waals surface area contributed by atoms with Gasteiger partial charge in [-0.3, -0.25) is 4.90 Å². The average molecular weight is 374 g/mol. The molecule has 4 nitrogen and oxygen atoms in total. The van der Waals surface area contributed by atoms with Crippen molar-refractivity contribution in [3.8, 4) is 0 Å². The molecule has 1 heterocycles. The van der Waals surface area contributed by atoms with Crippen molar-refractivity contribution < 1.29 is 9.53 Å². The summed E-state index contributed by atoms with van der Waals surface area (Å²) in [6.07, 6.45) is -0.593. The maximum atomic E-state index is 11.7. The molecule has 1 aromatic carbocycles. The lowest BCUT2D eigenvalue weighted by molar-refractivity contribution is 0.0728. The van der Waals surface area contributed by atoms with Crippen molar-refractivity contribution in [3.05, 3.63) is 35.9 Å². The number of hydrogen-bond donors (Lipinski definition) is 0. The molecule has 0 spiro atoms. The normalized spacial score (nSPS) is 16.2. The third-order valence-corrected chi connectivity index (χ3v) is 3.31. The van der Waals surface area contributed by atoms with E-state index in [9.17, 15) is 4.79 Å². The van der Waals surface area contributed by atoms with E-state index in [1.165, 1.54) is 5.56 Å². The first-order valence-electron chi connectivity index (χ1n) is 6.25. The van der Waals surface area contributed by atoms with Crippen LogP contribution < -0.4 is 0 Å². The van der Waals surface area contributed by atoms with Crippen LogP contribution >= 0.6 is 47.2 Å². The summed E-state index contributed by atoms with van der Waals surface area (Å²) >= 11 is 16.3. The van der Waals surface area contributed by atoms with Crippen molar-refractivity contribution in [2.45, 2.75) is 10.5 Å². The molecule has 1 aliphatic rings. The number of alkyl halides is 3. The highest BCUT2D eigenvalue weighted by Crippen LogP contribution is 2.28. The first-order chi connectivity index (χ1) is 9.44. The second-order valence-electron chi connectivity index (χ2n) is 4.56. The Labute approximate surface area is 145 Å². The lowest BCUT2D eigenvalue weighted by atomic mass is 10.2. The third-order valence-electron chi connectivity index (χ3n) is 3.08. The SMILES string of the molecule is Cl.O=C(OC(Cl)(Cl)Cl)N1CCN(Cc2ccccc2)CC1. The summed E-state index contributed by atoms with van der Waals surface area (Å²) < 4.78 is 2.69. The van der Waals surface area contributed by atoms with E-state index in [-0.39, 0.29) is 12.4 Å². The number of amides is 1. The molecule has 0 aromatic heterocycles. The quantitative estimate of drug-likeness (QED) is 0.741. The van der Waals surface area contributed by atoms with Crippen LogP contribution in [0.2, 0.25) is 0 Å².